The molecule has 2 aromatic rings. The van der Waals surface area contributed by atoms with Crippen LogP contribution in [0.2, 0.25) is 0 Å². The first kappa shape index (κ1) is 14.3. The molecular formula is C7H7N4NaO3S2. The van der Waals surface area contributed by atoms with Crippen molar-refractivity contribution >= 4 is 22.5 Å². The Hall–Kier alpha value is -0.740. The van der Waals surface area contributed by atoms with Gasteiger partial charge >= 0.3 is 39.9 Å². The van der Waals surface area contributed by atoms with Crippen LogP contribution in [0.1, 0.15) is 1.43 Å². The zero-order chi connectivity index (χ0) is 11.6. The maximum Gasteiger partial charge on any atom is 1.00 e. The number of aromatic amines is 1. The van der Waals surface area contributed by atoms with Gasteiger partial charge in [0.05, 0.1) is 0 Å². The van der Waals surface area contributed by atoms with Crippen molar-refractivity contribution in [2.75, 3.05) is 0 Å². The van der Waals surface area contributed by atoms with Crippen molar-refractivity contribution in [3.05, 3.63) is 35.1 Å². The van der Waals surface area contributed by atoms with E-state index in [0.29, 0.717) is 4.09 Å². The predicted octanol–water partition coefficient (Wildman–Crippen LogP) is -2.38. The Morgan fingerprint density at radius 1 is 1.35 bits per heavy atom. The Morgan fingerprint density at radius 2 is 2.00 bits per heavy atom. The van der Waals surface area contributed by atoms with Gasteiger partial charge in [0.1, 0.15) is 5.75 Å². The van der Waals surface area contributed by atoms with Crippen LogP contribution in [0.15, 0.2) is 30.3 Å². The van der Waals surface area contributed by atoms with Gasteiger partial charge in [0.25, 0.3) is 4.77 Å². The molecule has 7 nitrogen and oxygen atoms in total. The van der Waals surface area contributed by atoms with E-state index in [-0.39, 0.29) is 41.5 Å². The van der Waals surface area contributed by atoms with Gasteiger partial charge in [-0.2, -0.15) is 13.6 Å². The zero-order valence-corrected chi connectivity index (χ0v) is 12.4. The number of tetrazole rings is 1. The van der Waals surface area contributed by atoms with Crippen LogP contribution in [0, 0.1) is 4.77 Å². The third-order valence-electron chi connectivity index (χ3n) is 1.61. The van der Waals surface area contributed by atoms with E-state index in [2.05, 4.69) is 27.7 Å². The molecule has 0 bridgehead atoms. The van der Waals surface area contributed by atoms with E-state index in [1.165, 1.54) is 12.1 Å². The minimum atomic E-state index is -4.07. The number of nitrogens with zero attached hydrogens (tertiary/aromatic N) is 3. The molecule has 10 heteroatoms. The Morgan fingerprint density at radius 3 is 2.53 bits per heavy atom. The van der Waals surface area contributed by atoms with Crippen LogP contribution in [0.25, 0.3) is 0 Å². The molecule has 0 aliphatic carbocycles. The average Bonchev–Trinajstić information content (AvgIpc) is 2.66. The second-order valence-electron chi connectivity index (χ2n) is 2.70. The normalized spacial score (nSPS) is 10.6. The summed E-state index contributed by atoms with van der Waals surface area (Å²) in [4.78, 5) is 0. The van der Waals surface area contributed by atoms with Gasteiger partial charge in [-0.3, -0.25) is 0 Å². The molecule has 1 aromatic carbocycles. The second kappa shape index (κ2) is 5.74. The van der Waals surface area contributed by atoms with Crippen LogP contribution in [-0.4, -0.2) is 28.0 Å². The molecule has 86 valence electrons. The molecule has 0 aliphatic heterocycles. The SMILES string of the molecule is O=S(=O)(Oc1ccccc1)n1[nH]nnc1=S.[H-].[Na+]. The van der Waals surface area contributed by atoms with E-state index in [0.717, 1.165) is 0 Å². The van der Waals surface area contributed by atoms with Crippen molar-refractivity contribution < 1.29 is 43.6 Å². The fourth-order valence-corrected chi connectivity index (χ4v) is 2.12. The summed E-state index contributed by atoms with van der Waals surface area (Å²) in [5.74, 6) is 0.180. The third kappa shape index (κ3) is 3.36. The smallest absolute Gasteiger partial charge is 1.00 e. The maximum atomic E-state index is 11.6. The molecule has 0 amide bonds. The molecule has 0 unspecified atom stereocenters. The molecule has 0 saturated carbocycles. The molecule has 0 aliphatic rings. The van der Waals surface area contributed by atoms with Crippen molar-refractivity contribution in [1.82, 2.24) is 19.6 Å². The molecule has 0 spiro atoms. The van der Waals surface area contributed by atoms with Gasteiger partial charge < -0.3 is 5.61 Å². The maximum absolute atomic E-state index is 11.6. The summed E-state index contributed by atoms with van der Waals surface area (Å²) in [6.45, 7) is 0. The standard InChI is InChI=1S/C7H6N4O3S2.Na.H/c12-16(13,11-7(15)8-9-10-11)14-6-4-2-1-3-5-6;;/h1-5H,(H,8,10,15);;/q;+1;-1. The predicted molar refractivity (Wildman–Crippen MR) is 57.7 cm³/mol. The summed E-state index contributed by atoms with van der Waals surface area (Å²) in [6, 6.07) is 8.05. The number of benzene rings is 1. The first-order chi connectivity index (χ1) is 7.59. The molecule has 1 aromatic heterocycles. The van der Waals surface area contributed by atoms with Crippen molar-refractivity contribution in [2.45, 2.75) is 0 Å². The topological polar surface area (TPSA) is 89.9 Å². The number of para-hydroxylation sites is 1. The third-order valence-corrected chi connectivity index (χ3v) is 3.10. The van der Waals surface area contributed by atoms with E-state index in [1.54, 1.807) is 18.2 Å². The van der Waals surface area contributed by atoms with Crippen LogP contribution >= 0.6 is 12.2 Å². The summed E-state index contributed by atoms with van der Waals surface area (Å²) < 4.78 is 28.4. The van der Waals surface area contributed by atoms with Gasteiger partial charge in [-0.1, -0.05) is 27.4 Å². The number of hydrogen-bond donors (Lipinski definition) is 1. The van der Waals surface area contributed by atoms with E-state index in [1.807, 2.05) is 0 Å². The second-order valence-corrected chi connectivity index (χ2v) is 4.45. The van der Waals surface area contributed by atoms with E-state index in [4.69, 9.17) is 4.18 Å². The van der Waals surface area contributed by atoms with Gasteiger partial charge in [-0.05, 0) is 29.6 Å². The minimum Gasteiger partial charge on any atom is -1.00 e. The number of rotatable bonds is 3. The fraction of sp³-hybridized carbons (Fsp3) is 0. The van der Waals surface area contributed by atoms with Crippen molar-refractivity contribution in [1.29, 1.82) is 0 Å². The van der Waals surface area contributed by atoms with Crippen LogP contribution < -0.4 is 33.7 Å². The molecule has 0 fully saturated rings. The van der Waals surface area contributed by atoms with Crippen LogP contribution in [0.5, 0.6) is 5.75 Å². The molecule has 1 N–H and O–H groups in total. The summed E-state index contributed by atoms with van der Waals surface area (Å²) in [7, 11) is -4.07. The van der Waals surface area contributed by atoms with Crippen molar-refractivity contribution in [2.24, 2.45) is 0 Å². The van der Waals surface area contributed by atoms with Gasteiger partial charge in [0.15, 0.2) is 0 Å². The molecule has 2 rings (SSSR count). The Balaban J connectivity index is 0.00000144. The van der Waals surface area contributed by atoms with Crippen LogP contribution in [-0.2, 0) is 10.3 Å². The largest absolute Gasteiger partial charge is 1.00 e. The summed E-state index contributed by atoms with van der Waals surface area (Å²) >= 11 is 4.65. The first-order valence-corrected chi connectivity index (χ1v) is 5.87. The summed E-state index contributed by atoms with van der Waals surface area (Å²) in [5.41, 5.74) is 0. The fourth-order valence-electron chi connectivity index (χ4n) is 0.970. The molecule has 17 heavy (non-hydrogen) atoms. The average molecular weight is 282 g/mol. The number of aromatic nitrogens is 4. The monoisotopic (exact) mass is 282 g/mol. The van der Waals surface area contributed by atoms with E-state index in [9.17, 15) is 8.42 Å². The molecule has 0 radical (unpaired) electrons. The number of nitrogens with one attached hydrogen (secondary N) is 1. The van der Waals surface area contributed by atoms with Crippen molar-refractivity contribution in [3.63, 3.8) is 0 Å². The van der Waals surface area contributed by atoms with E-state index >= 15 is 0 Å². The molecule has 0 saturated heterocycles. The van der Waals surface area contributed by atoms with Gasteiger partial charge in [-0.15, -0.1) is 0 Å². The van der Waals surface area contributed by atoms with Crippen LogP contribution in [0.4, 0.5) is 0 Å². The quantitative estimate of drug-likeness (QED) is 0.500. The molecule has 0 atom stereocenters. The van der Waals surface area contributed by atoms with Gasteiger partial charge in [0, 0.05) is 0 Å². The Labute approximate surface area is 126 Å². The first-order valence-electron chi connectivity index (χ1n) is 4.10. The van der Waals surface area contributed by atoms with E-state index < -0.39 is 10.3 Å². The molecule has 1 heterocycles. The van der Waals surface area contributed by atoms with Gasteiger partial charge in [-0.25, -0.2) is 0 Å². The Kier molecular flexibility index (Phi) is 4.83. The van der Waals surface area contributed by atoms with Crippen molar-refractivity contribution in [3.8, 4) is 5.75 Å². The Bertz CT molecular complexity index is 642. The number of hydrogen-bond acceptors (Lipinski definition) is 6. The summed E-state index contributed by atoms with van der Waals surface area (Å²) in [6.07, 6.45) is 0. The summed E-state index contributed by atoms with van der Waals surface area (Å²) in [5, 5.41) is 8.70. The molecular weight excluding hydrogens is 275 g/mol. The van der Waals surface area contributed by atoms with Gasteiger partial charge in [0.2, 0.25) is 0 Å². The minimum absolute atomic E-state index is 0. The van der Waals surface area contributed by atoms with Crippen LogP contribution in [0.3, 0.4) is 0 Å². The number of H-pyrrole nitrogens is 1. The zero-order valence-electron chi connectivity index (χ0n) is 9.77.